The summed E-state index contributed by atoms with van der Waals surface area (Å²) in [6.07, 6.45) is 0.154. The SMILES string of the molecule is Cc1cc(N(CCC#N)C(=O)COC(=O)Cc2ccc(OCc3c(C)noc3C)cc2)ccc1Cl. The lowest BCUT2D eigenvalue weighted by Gasteiger charge is -2.22. The Morgan fingerprint density at radius 3 is 2.51 bits per heavy atom. The lowest BCUT2D eigenvalue weighted by Crippen LogP contribution is -2.35. The van der Waals surface area contributed by atoms with Crippen LogP contribution in [0, 0.1) is 32.1 Å². The van der Waals surface area contributed by atoms with Crippen LogP contribution in [-0.4, -0.2) is 30.2 Å². The summed E-state index contributed by atoms with van der Waals surface area (Å²) in [5, 5.41) is 13.4. The van der Waals surface area contributed by atoms with E-state index in [2.05, 4.69) is 5.16 Å². The molecular formula is C26H26ClN3O5. The summed E-state index contributed by atoms with van der Waals surface area (Å²) >= 11 is 6.07. The number of hydrogen-bond acceptors (Lipinski definition) is 7. The number of anilines is 1. The Morgan fingerprint density at radius 2 is 1.89 bits per heavy atom. The minimum Gasteiger partial charge on any atom is -0.489 e. The van der Waals surface area contributed by atoms with Crippen molar-refractivity contribution in [3.63, 3.8) is 0 Å². The summed E-state index contributed by atoms with van der Waals surface area (Å²) in [5.74, 6) is 0.408. The van der Waals surface area contributed by atoms with Gasteiger partial charge >= 0.3 is 5.97 Å². The van der Waals surface area contributed by atoms with E-state index in [-0.39, 0.29) is 19.4 Å². The van der Waals surface area contributed by atoms with E-state index in [1.165, 1.54) is 4.90 Å². The van der Waals surface area contributed by atoms with Crippen molar-refractivity contribution in [1.29, 1.82) is 5.26 Å². The monoisotopic (exact) mass is 495 g/mol. The second-order valence-electron chi connectivity index (χ2n) is 7.96. The zero-order chi connectivity index (χ0) is 25.4. The molecule has 0 unspecified atom stereocenters. The maximum atomic E-state index is 12.7. The standard InChI is InChI=1S/C26H26ClN3O5/c1-17-13-21(7-10-24(17)27)30(12-4-11-28)25(31)16-34-26(32)14-20-5-8-22(9-6-20)33-15-23-18(2)29-35-19(23)3/h5-10,13H,4,12,14-16H2,1-3H3. The first-order valence-electron chi connectivity index (χ1n) is 11.0. The van der Waals surface area contributed by atoms with Crippen molar-refractivity contribution in [2.45, 2.75) is 40.2 Å². The number of benzene rings is 2. The van der Waals surface area contributed by atoms with E-state index in [0.29, 0.717) is 28.8 Å². The molecule has 0 N–H and O–H groups in total. The second-order valence-corrected chi connectivity index (χ2v) is 8.37. The number of nitrogens with zero attached hydrogens (tertiary/aromatic N) is 3. The highest BCUT2D eigenvalue weighted by Gasteiger charge is 2.18. The molecule has 1 amide bonds. The first kappa shape index (κ1) is 25.8. The van der Waals surface area contributed by atoms with Gasteiger partial charge in [-0.25, -0.2) is 0 Å². The van der Waals surface area contributed by atoms with Crippen molar-refractivity contribution in [3.8, 4) is 11.8 Å². The maximum absolute atomic E-state index is 12.7. The van der Waals surface area contributed by atoms with Crippen LogP contribution in [0.4, 0.5) is 5.69 Å². The fraction of sp³-hybridized carbons (Fsp3) is 0.308. The van der Waals surface area contributed by atoms with Crippen LogP contribution >= 0.6 is 11.6 Å². The fourth-order valence-electron chi connectivity index (χ4n) is 3.36. The third-order valence-corrected chi connectivity index (χ3v) is 5.82. The predicted molar refractivity (Wildman–Crippen MR) is 130 cm³/mol. The van der Waals surface area contributed by atoms with Crippen LogP contribution in [0.15, 0.2) is 47.0 Å². The van der Waals surface area contributed by atoms with Crippen LogP contribution in [0.1, 0.15) is 34.6 Å². The summed E-state index contributed by atoms with van der Waals surface area (Å²) in [4.78, 5) is 26.5. The number of amides is 1. The molecule has 0 atom stereocenters. The van der Waals surface area contributed by atoms with Crippen molar-refractivity contribution in [3.05, 3.63) is 75.6 Å². The van der Waals surface area contributed by atoms with Gasteiger partial charge in [0.1, 0.15) is 18.1 Å². The third kappa shape index (κ3) is 7.08. The first-order chi connectivity index (χ1) is 16.8. The number of nitriles is 1. The van der Waals surface area contributed by atoms with Gasteiger partial charge in [0, 0.05) is 17.3 Å². The van der Waals surface area contributed by atoms with E-state index in [0.717, 1.165) is 22.4 Å². The van der Waals surface area contributed by atoms with Gasteiger partial charge in [0.25, 0.3) is 5.91 Å². The molecule has 182 valence electrons. The molecule has 0 spiro atoms. The highest BCUT2D eigenvalue weighted by atomic mass is 35.5. The molecule has 2 aromatic carbocycles. The highest BCUT2D eigenvalue weighted by Crippen LogP contribution is 2.23. The smallest absolute Gasteiger partial charge is 0.310 e. The Hall–Kier alpha value is -3.83. The number of carbonyl (C=O) groups excluding carboxylic acids is 2. The molecular weight excluding hydrogens is 470 g/mol. The fourth-order valence-corrected chi connectivity index (χ4v) is 3.48. The topological polar surface area (TPSA) is 106 Å². The van der Waals surface area contributed by atoms with E-state index < -0.39 is 18.5 Å². The zero-order valence-electron chi connectivity index (χ0n) is 19.8. The van der Waals surface area contributed by atoms with E-state index in [1.807, 2.05) is 26.8 Å². The van der Waals surface area contributed by atoms with Gasteiger partial charge in [-0.3, -0.25) is 9.59 Å². The van der Waals surface area contributed by atoms with Gasteiger partial charge in [0.2, 0.25) is 0 Å². The molecule has 0 aliphatic heterocycles. The van der Waals surface area contributed by atoms with Crippen molar-refractivity contribution < 1.29 is 23.6 Å². The Kier molecular flexibility index (Phi) is 8.87. The molecule has 0 aliphatic rings. The second kappa shape index (κ2) is 12.0. The van der Waals surface area contributed by atoms with Crippen LogP contribution < -0.4 is 9.64 Å². The van der Waals surface area contributed by atoms with Gasteiger partial charge in [-0.1, -0.05) is 28.9 Å². The molecule has 0 saturated heterocycles. The van der Waals surface area contributed by atoms with Crippen molar-refractivity contribution in [1.82, 2.24) is 5.16 Å². The van der Waals surface area contributed by atoms with Gasteiger partial charge in [0.15, 0.2) is 6.61 Å². The molecule has 0 saturated carbocycles. The number of aryl methyl sites for hydroxylation is 3. The molecule has 0 bridgehead atoms. The summed E-state index contributed by atoms with van der Waals surface area (Å²) in [7, 11) is 0. The minimum absolute atomic E-state index is 0.00960. The molecule has 1 aromatic heterocycles. The molecule has 35 heavy (non-hydrogen) atoms. The van der Waals surface area contributed by atoms with Gasteiger partial charge in [0.05, 0.1) is 30.2 Å². The van der Waals surface area contributed by atoms with E-state index in [1.54, 1.807) is 42.5 Å². The summed E-state index contributed by atoms with van der Waals surface area (Å²) in [6.45, 7) is 5.60. The number of halogens is 1. The average Bonchev–Trinajstić information content (AvgIpc) is 3.16. The molecule has 1 heterocycles. The predicted octanol–water partition coefficient (Wildman–Crippen LogP) is 4.86. The van der Waals surface area contributed by atoms with E-state index in [4.69, 9.17) is 30.9 Å². The molecule has 0 aliphatic carbocycles. The highest BCUT2D eigenvalue weighted by molar-refractivity contribution is 6.31. The molecule has 9 heteroatoms. The van der Waals surface area contributed by atoms with Gasteiger partial charge < -0.3 is 18.9 Å². The largest absolute Gasteiger partial charge is 0.489 e. The quantitative estimate of drug-likeness (QED) is 0.369. The first-order valence-corrected chi connectivity index (χ1v) is 11.4. The Bertz CT molecular complexity index is 1210. The minimum atomic E-state index is -0.532. The van der Waals surface area contributed by atoms with Crippen LogP contribution in [0.5, 0.6) is 5.75 Å². The lowest BCUT2D eigenvalue weighted by molar-refractivity contribution is -0.147. The van der Waals surface area contributed by atoms with Crippen LogP contribution in [0.2, 0.25) is 5.02 Å². The van der Waals surface area contributed by atoms with Crippen LogP contribution in [-0.2, 0) is 27.4 Å². The number of ether oxygens (including phenoxy) is 2. The van der Waals surface area contributed by atoms with Crippen molar-refractivity contribution >= 4 is 29.2 Å². The third-order valence-electron chi connectivity index (χ3n) is 5.39. The number of rotatable bonds is 10. The molecule has 0 fully saturated rings. The van der Waals surface area contributed by atoms with Gasteiger partial charge in [-0.05, 0) is 62.2 Å². The molecule has 0 radical (unpaired) electrons. The Morgan fingerprint density at radius 1 is 1.14 bits per heavy atom. The lowest BCUT2D eigenvalue weighted by atomic mass is 10.1. The Balaban J connectivity index is 1.53. The van der Waals surface area contributed by atoms with E-state index >= 15 is 0 Å². The summed E-state index contributed by atoms with van der Waals surface area (Å²) in [5.41, 5.74) is 3.81. The molecule has 3 rings (SSSR count). The number of esters is 1. The molecule has 8 nitrogen and oxygen atoms in total. The van der Waals surface area contributed by atoms with Crippen molar-refractivity contribution in [2.24, 2.45) is 0 Å². The Labute approximate surface area is 209 Å². The van der Waals surface area contributed by atoms with Crippen LogP contribution in [0.25, 0.3) is 0 Å². The van der Waals surface area contributed by atoms with E-state index in [9.17, 15) is 9.59 Å². The van der Waals surface area contributed by atoms with Gasteiger partial charge in [-0.15, -0.1) is 0 Å². The normalized spacial score (nSPS) is 10.5. The molecule has 3 aromatic rings. The number of aromatic nitrogens is 1. The van der Waals surface area contributed by atoms with Crippen molar-refractivity contribution in [2.75, 3.05) is 18.1 Å². The van der Waals surface area contributed by atoms with Gasteiger partial charge in [-0.2, -0.15) is 5.26 Å². The average molecular weight is 496 g/mol. The number of carbonyl (C=O) groups is 2. The maximum Gasteiger partial charge on any atom is 0.310 e. The summed E-state index contributed by atoms with van der Waals surface area (Å²) in [6, 6.07) is 14.2. The zero-order valence-corrected chi connectivity index (χ0v) is 20.6. The van der Waals surface area contributed by atoms with Crippen LogP contribution in [0.3, 0.4) is 0 Å². The summed E-state index contributed by atoms with van der Waals surface area (Å²) < 4.78 is 16.1. The number of hydrogen-bond donors (Lipinski definition) is 0.